The highest BCUT2D eigenvalue weighted by molar-refractivity contribution is 8.01. The van der Waals surface area contributed by atoms with E-state index in [1.807, 2.05) is 36.4 Å². The van der Waals surface area contributed by atoms with E-state index in [4.69, 9.17) is 4.74 Å². The molecule has 1 unspecified atom stereocenters. The van der Waals surface area contributed by atoms with Crippen LogP contribution in [-0.2, 0) is 11.2 Å². The van der Waals surface area contributed by atoms with Crippen LogP contribution < -0.4 is 10.1 Å². The summed E-state index contributed by atoms with van der Waals surface area (Å²) in [5.41, 5.74) is 2.08. The molecule has 2 aliphatic rings. The minimum absolute atomic E-state index is 0.0529. The first-order valence-electron chi connectivity index (χ1n) is 9.78. The summed E-state index contributed by atoms with van der Waals surface area (Å²) >= 11 is 1.65. The molecule has 27 heavy (non-hydrogen) atoms. The Hall–Kier alpha value is -1.98. The van der Waals surface area contributed by atoms with Crippen LogP contribution in [0.1, 0.15) is 24.8 Å². The summed E-state index contributed by atoms with van der Waals surface area (Å²) in [6.45, 7) is 4.08. The molecule has 1 amide bonds. The number of hydrogen-bond donors (Lipinski definition) is 1. The van der Waals surface area contributed by atoms with Gasteiger partial charge in [-0.2, -0.15) is 0 Å². The largest absolute Gasteiger partial charge is 0.492 e. The van der Waals surface area contributed by atoms with E-state index < -0.39 is 0 Å². The standard InChI is InChI=1S/C22H26N2O2S/c25-22(21-16-17-6-2-3-7-20(17)27-21)23-18-8-10-19(11-9-18)26-15-14-24-12-4-1-5-13-24/h2-3,6-11,21H,1,4-5,12-16H2,(H,23,25). The van der Waals surface area contributed by atoms with Gasteiger partial charge >= 0.3 is 0 Å². The van der Waals surface area contributed by atoms with E-state index in [2.05, 4.69) is 22.3 Å². The van der Waals surface area contributed by atoms with Crippen molar-refractivity contribution in [2.24, 2.45) is 0 Å². The Labute approximate surface area is 165 Å². The van der Waals surface area contributed by atoms with Crippen LogP contribution in [-0.4, -0.2) is 42.3 Å². The number of rotatable bonds is 6. The Morgan fingerprint density at radius 2 is 1.85 bits per heavy atom. The first-order valence-corrected chi connectivity index (χ1v) is 10.7. The lowest BCUT2D eigenvalue weighted by molar-refractivity contribution is -0.115. The zero-order valence-electron chi connectivity index (χ0n) is 15.5. The van der Waals surface area contributed by atoms with Gasteiger partial charge in [0.15, 0.2) is 0 Å². The van der Waals surface area contributed by atoms with Gasteiger partial charge in [-0.3, -0.25) is 9.69 Å². The van der Waals surface area contributed by atoms with Crippen molar-refractivity contribution in [3.8, 4) is 5.75 Å². The number of amides is 1. The molecule has 0 aliphatic carbocycles. The van der Waals surface area contributed by atoms with Crippen LogP contribution in [0.15, 0.2) is 53.4 Å². The summed E-state index contributed by atoms with van der Waals surface area (Å²) in [5.74, 6) is 0.919. The lowest BCUT2D eigenvalue weighted by Crippen LogP contribution is -2.33. The summed E-state index contributed by atoms with van der Waals surface area (Å²) < 4.78 is 5.85. The third kappa shape index (κ3) is 4.85. The fraction of sp³-hybridized carbons (Fsp3) is 0.409. The third-order valence-electron chi connectivity index (χ3n) is 5.19. The Balaban J connectivity index is 1.24. The Kier molecular flexibility index (Phi) is 6.00. The summed E-state index contributed by atoms with van der Waals surface area (Å²) in [6, 6.07) is 15.9. The Morgan fingerprint density at radius 3 is 2.63 bits per heavy atom. The van der Waals surface area contributed by atoms with Gasteiger partial charge in [0.1, 0.15) is 12.4 Å². The molecule has 4 rings (SSSR count). The van der Waals surface area contributed by atoms with Crippen molar-refractivity contribution in [1.82, 2.24) is 4.90 Å². The number of benzene rings is 2. The summed E-state index contributed by atoms with van der Waals surface area (Å²) in [6.07, 6.45) is 4.76. The van der Waals surface area contributed by atoms with Crippen molar-refractivity contribution >= 4 is 23.4 Å². The summed E-state index contributed by atoms with van der Waals surface area (Å²) in [4.78, 5) is 16.2. The maximum absolute atomic E-state index is 12.5. The lowest BCUT2D eigenvalue weighted by atomic mass is 10.1. The molecule has 0 radical (unpaired) electrons. The van der Waals surface area contributed by atoms with E-state index in [0.717, 1.165) is 24.4 Å². The van der Waals surface area contributed by atoms with Gasteiger partial charge in [0.2, 0.25) is 5.91 Å². The molecule has 0 spiro atoms. The molecular formula is C22H26N2O2S. The number of fused-ring (bicyclic) bond motifs is 1. The normalized spacial score (nSPS) is 19.5. The summed E-state index contributed by atoms with van der Waals surface area (Å²) in [5, 5.41) is 2.98. The molecule has 1 fully saturated rings. The minimum Gasteiger partial charge on any atom is -0.492 e. The molecule has 2 aromatic rings. The van der Waals surface area contributed by atoms with E-state index in [1.165, 1.54) is 42.8 Å². The molecule has 0 aromatic heterocycles. The number of nitrogens with one attached hydrogen (secondary N) is 1. The number of piperidine rings is 1. The molecule has 1 saturated heterocycles. The average molecular weight is 383 g/mol. The van der Waals surface area contributed by atoms with Crippen LogP contribution in [0.3, 0.4) is 0 Å². The van der Waals surface area contributed by atoms with Gasteiger partial charge in [0.05, 0.1) is 5.25 Å². The molecule has 142 valence electrons. The average Bonchev–Trinajstić information content (AvgIpc) is 3.15. The topological polar surface area (TPSA) is 41.6 Å². The number of ether oxygens (including phenoxy) is 1. The number of nitrogens with zero attached hydrogens (tertiary/aromatic N) is 1. The molecule has 1 N–H and O–H groups in total. The molecule has 0 bridgehead atoms. The Bertz CT molecular complexity index is 747. The highest BCUT2D eigenvalue weighted by atomic mass is 32.2. The van der Waals surface area contributed by atoms with Gasteiger partial charge in [0, 0.05) is 17.1 Å². The highest BCUT2D eigenvalue weighted by Gasteiger charge is 2.27. The number of carbonyl (C=O) groups is 1. The zero-order valence-corrected chi connectivity index (χ0v) is 16.3. The van der Waals surface area contributed by atoms with E-state index in [0.29, 0.717) is 6.61 Å². The molecule has 2 aliphatic heterocycles. The number of carbonyl (C=O) groups excluding carboxylic acids is 1. The van der Waals surface area contributed by atoms with Crippen LogP contribution in [0.4, 0.5) is 5.69 Å². The van der Waals surface area contributed by atoms with Crippen LogP contribution in [0, 0.1) is 0 Å². The molecular weight excluding hydrogens is 356 g/mol. The SMILES string of the molecule is O=C(Nc1ccc(OCCN2CCCCC2)cc1)C1Cc2ccccc2S1. The van der Waals surface area contributed by atoms with Crippen molar-refractivity contribution in [3.05, 3.63) is 54.1 Å². The fourth-order valence-electron chi connectivity index (χ4n) is 3.66. The van der Waals surface area contributed by atoms with E-state index in [-0.39, 0.29) is 11.2 Å². The van der Waals surface area contributed by atoms with Gasteiger partial charge in [-0.25, -0.2) is 0 Å². The minimum atomic E-state index is -0.0529. The monoisotopic (exact) mass is 382 g/mol. The quantitative estimate of drug-likeness (QED) is 0.813. The highest BCUT2D eigenvalue weighted by Crippen LogP contribution is 2.37. The maximum atomic E-state index is 12.5. The number of hydrogen-bond acceptors (Lipinski definition) is 4. The van der Waals surface area contributed by atoms with Crippen LogP contribution in [0.2, 0.25) is 0 Å². The molecule has 0 saturated carbocycles. The molecule has 2 aromatic carbocycles. The molecule has 4 nitrogen and oxygen atoms in total. The number of thioether (sulfide) groups is 1. The fourth-order valence-corrected chi connectivity index (χ4v) is 4.86. The van der Waals surface area contributed by atoms with Gasteiger partial charge in [0.25, 0.3) is 0 Å². The molecule has 2 heterocycles. The van der Waals surface area contributed by atoms with Crippen molar-refractivity contribution in [2.45, 2.75) is 35.8 Å². The van der Waals surface area contributed by atoms with Crippen molar-refractivity contribution in [3.63, 3.8) is 0 Å². The summed E-state index contributed by atoms with van der Waals surface area (Å²) in [7, 11) is 0. The molecule has 1 atom stereocenters. The predicted molar refractivity (Wildman–Crippen MR) is 111 cm³/mol. The Morgan fingerprint density at radius 1 is 1.07 bits per heavy atom. The van der Waals surface area contributed by atoms with E-state index in [1.54, 1.807) is 11.8 Å². The second-order valence-electron chi connectivity index (χ2n) is 7.18. The van der Waals surface area contributed by atoms with Gasteiger partial charge in [-0.05, 0) is 68.2 Å². The third-order valence-corrected chi connectivity index (χ3v) is 6.50. The van der Waals surface area contributed by atoms with Gasteiger partial charge in [-0.1, -0.05) is 24.6 Å². The smallest absolute Gasteiger partial charge is 0.238 e. The first kappa shape index (κ1) is 18.4. The van der Waals surface area contributed by atoms with Crippen molar-refractivity contribution in [1.29, 1.82) is 0 Å². The van der Waals surface area contributed by atoms with Gasteiger partial charge in [-0.15, -0.1) is 11.8 Å². The van der Waals surface area contributed by atoms with Crippen molar-refractivity contribution < 1.29 is 9.53 Å². The van der Waals surface area contributed by atoms with E-state index in [9.17, 15) is 4.79 Å². The van der Waals surface area contributed by atoms with Crippen LogP contribution >= 0.6 is 11.8 Å². The maximum Gasteiger partial charge on any atom is 0.238 e. The molecule has 5 heteroatoms. The van der Waals surface area contributed by atoms with Gasteiger partial charge < -0.3 is 10.1 Å². The van der Waals surface area contributed by atoms with Crippen LogP contribution in [0.5, 0.6) is 5.75 Å². The lowest BCUT2D eigenvalue weighted by Gasteiger charge is -2.26. The predicted octanol–water partition coefficient (Wildman–Crippen LogP) is 4.21. The number of likely N-dealkylation sites (tertiary alicyclic amines) is 1. The van der Waals surface area contributed by atoms with Crippen molar-refractivity contribution in [2.75, 3.05) is 31.6 Å². The second kappa shape index (κ2) is 8.81. The van der Waals surface area contributed by atoms with Crippen LogP contribution in [0.25, 0.3) is 0 Å². The van der Waals surface area contributed by atoms with E-state index >= 15 is 0 Å². The zero-order chi connectivity index (χ0) is 18.5. The second-order valence-corrected chi connectivity index (χ2v) is 8.43. The number of anilines is 1. The first-order chi connectivity index (χ1) is 13.3.